The van der Waals surface area contributed by atoms with Gasteiger partial charge in [0.2, 0.25) is 5.82 Å². The van der Waals surface area contributed by atoms with Crippen LogP contribution in [0.25, 0.3) is 0 Å². The molecule has 0 aliphatic rings. The lowest BCUT2D eigenvalue weighted by Crippen LogP contribution is -2.31. The Morgan fingerprint density at radius 1 is 1.50 bits per heavy atom. The molecule has 2 N–H and O–H groups in total. The van der Waals surface area contributed by atoms with Gasteiger partial charge in [0.1, 0.15) is 4.88 Å². The van der Waals surface area contributed by atoms with Gasteiger partial charge in [-0.1, -0.05) is 0 Å². The first kappa shape index (κ1) is 12.2. The van der Waals surface area contributed by atoms with E-state index < -0.39 is 23.0 Å². The van der Waals surface area contributed by atoms with Crippen molar-refractivity contribution in [1.82, 2.24) is 9.55 Å². The highest BCUT2D eigenvalue weighted by Crippen LogP contribution is 2.17. The summed E-state index contributed by atoms with van der Waals surface area (Å²) < 4.78 is 13.9. The Balaban J connectivity index is 2.43. The largest absolute Gasteiger partial charge is 0.477 e. The predicted molar refractivity (Wildman–Crippen MR) is 61.7 cm³/mol. The van der Waals surface area contributed by atoms with Crippen molar-refractivity contribution in [2.24, 2.45) is 0 Å². The molecule has 18 heavy (non-hydrogen) atoms. The van der Waals surface area contributed by atoms with E-state index in [-0.39, 0.29) is 11.4 Å². The molecule has 0 atom stereocenters. The topological polar surface area (TPSA) is 92.2 Å². The highest BCUT2D eigenvalue weighted by atomic mass is 32.1. The van der Waals surface area contributed by atoms with Gasteiger partial charge in [-0.15, -0.1) is 11.3 Å². The average Bonchev–Trinajstić information content (AvgIpc) is 2.74. The van der Waals surface area contributed by atoms with Gasteiger partial charge in [0.05, 0.1) is 12.7 Å². The van der Waals surface area contributed by atoms with Crippen LogP contribution in [0.4, 0.5) is 4.39 Å². The number of nitrogens with one attached hydrogen (secondary N) is 1. The second kappa shape index (κ2) is 4.57. The van der Waals surface area contributed by atoms with Crippen molar-refractivity contribution in [3.8, 4) is 0 Å². The van der Waals surface area contributed by atoms with Crippen molar-refractivity contribution in [2.75, 3.05) is 0 Å². The van der Waals surface area contributed by atoms with Gasteiger partial charge in [-0.2, -0.15) is 4.39 Å². The molecule has 94 valence electrons. The number of carboxylic acids is 1. The Labute approximate surface area is 103 Å². The molecule has 0 amide bonds. The summed E-state index contributed by atoms with van der Waals surface area (Å²) in [5.74, 6) is -2.21. The Kier molecular flexibility index (Phi) is 3.11. The maximum Gasteiger partial charge on any atom is 0.346 e. The van der Waals surface area contributed by atoms with Crippen molar-refractivity contribution in [1.29, 1.82) is 0 Å². The molecule has 0 spiro atoms. The quantitative estimate of drug-likeness (QED) is 0.848. The molecule has 0 aromatic carbocycles. The van der Waals surface area contributed by atoms with E-state index in [0.29, 0.717) is 5.56 Å². The van der Waals surface area contributed by atoms with E-state index >= 15 is 0 Å². The Bertz CT molecular complexity index is 715. The number of aromatic carboxylic acids is 1. The highest BCUT2D eigenvalue weighted by molar-refractivity contribution is 7.12. The third-order valence-corrected chi connectivity index (χ3v) is 3.19. The van der Waals surface area contributed by atoms with E-state index in [1.54, 1.807) is 10.4 Å². The molecule has 2 heterocycles. The normalized spacial score (nSPS) is 10.5. The standard InChI is InChI=1S/C10H7FN2O4S/c11-6-4-13(10(17)12-8(6)14)3-5-1-2-18-7(5)9(15)16/h1-2,4H,3H2,(H,15,16)(H,12,14,17). The minimum atomic E-state index is -1.11. The van der Waals surface area contributed by atoms with Gasteiger partial charge in [-0.25, -0.2) is 9.59 Å². The fraction of sp³-hybridized carbons (Fsp3) is 0.100. The first-order valence-electron chi connectivity index (χ1n) is 4.78. The third-order valence-electron chi connectivity index (χ3n) is 2.25. The summed E-state index contributed by atoms with van der Waals surface area (Å²) in [5.41, 5.74) is -1.51. The SMILES string of the molecule is O=C(O)c1sccc1Cn1cc(F)c(=O)[nH]c1=O. The lowest BCUT2D eigenvalue weighted by atomic mass is 10.2. The van der Waals surface area contributed by atoms with Crippen LogP contribution in [0.15, 0.2) is 27.2 Å². The molecule has 0 aliphatic heterocycles. The summed E-state index contributed by atoms with van der Waals surface area (Å²) in [6.07, 6.45) is 0.754. The lowest BCUT2D eigenvalue weighted by molar-refractivity contribution is 0.0701. The molecule has 2 rings (SSSR count). The molecular weight excluding hydrogens is 263 g/mol. The van der Waals surface area contributed by atoms with E-state index in [1.807, 2.05) is 0 Å². The van der Waals surface area contributed by atoms with Crippen molar-refractivity contribution < 1.29 is 14.3 Å². The number of hydrogen-bond donors (Lipinski definition) is 2. The number of halogens is 1. The predicted octanol–water partition coefficient (Wildman–Crippen LogP) is 0.484. The van der Waals surface area contributed by atoms with Crippen LogP contribution in [-0.4, -0.2) is 20.6 Å². The molecular formula is C10H7FN2O4S. The van der Waals surface area contributed by atoms with Crippen LogP contribution in [0.2, 0.25) is 0 Å². The Hall–Kier alpha value is -2.22. The van der Waals surface area contributed by atoms with Gasteiger partial charge in [0.15, 0.2) is 0 Å². The van der Waals surface area contributed by atoms with Gasteiger partial charge >= 0.3 is 11.7 Å². The zero-order valence-corrected chi connectivity index (χ0v) is 9.66. The molecule has 6 nitrogen and oxygen atoms in total. The number of thiophene rings is 1. The minimum Gasteiger partial charge on any atom is -0.477 e. The van der Waals surface area contributed by atoms with Gasteiger partial charge in [-0.3, -0.25) is 14.3 Å². The van der Waals surface area contributed by atoms with E-state index in [9.17, 15) is 18.8 Å². The summed E-state index contributed by atoms with van der Waals surface area (Å²) in [7, 11) is 0. The van der Waals surface area contributed by atoms with Gasteiger partial charge in [-0.05, 0) is 17.0 Å². The maximum atomic E-state index is 13.0. The second-order valence-electron chi connectivity index (χ2n) is 3.44. The fourth-order valence-corrected chi connectivity index (χ4v) is 2.18. The molecule has 2 aromatic rings. The first-order valence-corrected chi connectivity index (χ1v) is 5.66. The molecule has 8 heteroatoms. The van der Waals surface area contributed by atoms with Crippen LogP contribution >= 0.6 is 11.3 Å². The van der Waals surface area contributed by atoms with Gasteiger partial charge in [0.25, 0.3) is 5.56 Å². The van der Waals surface area contributed by atoms with E-state index in [2.05, 4.69) is 0 Å². The second-order valence-corrected chi connectivity index (χ2v) is 4.36. The first-order chi connectivity index (χ1) is 8.49. The Morgan fingerprint density at radius 2 is 2.22 bits per heavy atom. The van der Waals surface area contributed by atoms with Crippen LogP contribution in [0.5, 0.6) is 0 Å². The third kappa shape index (κ3) is 2.23. The van der Waals surface area contributed by atoms with Gasteiger partial charge in [0, 0.05) is 0 Å². The number of H-pyrrole nitrogens is 1. The molecule has 0 bridgehead atoms. The van der Waals surface area contributed by atoms with Crippen LogP contribution in [0, 0.1) is 5.82 Å². The van der Waals surface area contributed by atoms with Crippen molar-refractivity contribution in [2.45, 2.75) is 6.54 Å². The maximum absolute atomic E-state index is 13.0. The molecule has 2 aromatic heterocycles. The zero-order chi connectivity index (χ0) is 13.3. The Morgan fingerprint density at radius 3 is 2.89 bits per heavy atom. The average molecular weight is 270 g/mol. The number of carbonyl (C=O) groups is 1. The van der Waals surface area contributed by atoms with E-state index in [0.717, 1.165) is 22.1 Å². The molecule has 0 saturated heterocycles. The van der Waals surface area contributed by atoms with E-state index in [1.165, 1.54) is 6.07 Å². The zero-order valence-electron chi connectivity index (χ0n) is 8.84. The summed E-state index contributed by atoms with van der Waals surface area (Å²) in [6.45, 7) is -0.113. The van der Waals surface area contributed by atoms with Crippen molar-refractivity contribution in [3.05, 3.63) is 54.7 Å². The molecule has 0 unspecified atom stereocenters. The number of hydrogen-bond acceptors (Lipinski definition) is 4. The van der Waals surface area contributed by atoms with Crippen molar-refractivity contribution in [3.63, 3.8) is 0 Å². The molecule has 0 radical (unpaired) electrons. The summed E-state index contributed by atoms with van der Waals surface area (Å²) >= 11 is 1.01. The number of nitrogens with zero attached hydrogens (tertiary/aromatic N) is 1. The minimum absolute atomic E-state index is 0.0773. The van der Waals surface area contributed by atoms with Crippen LogP contribution in [-0.2, 0) is 6.54 Å². The van der Waals surface area contributed by atoms with Crippen LogP contribution < -0.4 is 11.2 Å². The van der Waals surface area contributed by atoms with Crippen LogP contribution in [0.3, 0.4) is 0 Å². The molecule has 0 fully saturated rings. The monoisotopic (exact) mass is 270 g/mol. The smallest absolute Gasteiger partial charge is 0.346 e. The number of aromatic nitrogens is 2. The van der Waals surface area contributed by atoms with Crippen molar-refractivity contribution >= 4 is 17.3 Å². The number of aromatic amines is 1. The molecule has 0 aliphatic carbocycles. The highest BCUT2D eigenvalue weighted by Gasteiger charge is 2.13. The fourth-order valence-electron chi connectivity index (χ4n) is 1.43. The van der Waals surface area contributed by atoms with E-state index in [4.69, 9.17) is 5.11 Å². The molecule has 0 saturated carbocycles. The lowest BCUT2D eigenvalue weighted by Gasteiger charge is -2.04. The number of rotatable bonds is 3. The van der Waals surface area contributed by atoms with Crippen LogP contribution in [0.1, 0.15) is 15.2 Å². The van der Waals surface area contributed by atoms with Gasteiger partial charge < -0.3 is 5.11 Å². The summed E-state index contributed by atoms with van der Waals surface area (Å²) in [6, 6.07) is 1.53. The number of carboxylic acid groups (broad SMARTS) is 1. The summed E-state index contributed by atoms with van der Waals surface area (Å²) in [5, 5.41) is 10.5. The summed E-state index contributed by atoms with van der Waals surface area (Å²) in [4.78, 5) is 35.0.